The van der Waals surface area contributed by atoms with Crippen LogP contribution in [0.3, 0.4) is 0 Å². The largest absolute Gasteiger partial charge is 0.353 e. The van der Waals surface area contributed by atoms with Gasteiger partial charge in [-0.3, -0.25) is 14.9 Å². The topological polar surface area (TPSA) is 75.5 Å². The maximum absolute atomic E-state index is 11.8. The number of nitrogens with one attached hydrogen (secondary N) is 1. The van der Waals surface area contributed by atoms with Gasteiger partial charge in [-0.15, -0.1) is 0 Å². The standard InChI is InChI=1S/C18H25N3O3/c1-15-6-2-3-12-20(15)13-5-11-19-18(22)10-9-16-7-4-8-17(14-16)21(23)24/h4,7-10,14-15H,2-3,5-6,11-13H2,1H3,(H,19,22)/b10-9+/t15-/m1/s1. The third-order valence-electron chi connectivity index (χ3n) is 4.37. The van der Waals surface area contributed by atoms with Crippen molar-refractivity contribution >= 4 is 17.7 Å². The number of hydrogen-bond acceptors (Lipinski definition) is 4. The molecule has 1 aromatic carbocycles. The van der Waals surface area contributed by atoms with Crippen LogP contribution in [0.25, 0.3) is 6.08 Å². The van der Waals surface area contributed by atoms with Crippen LogP contribution in [0.4, 0.5) is 5.69 Å². The van der Waals surface area contributed by atoms with Gasteiger partial charge in [0, 0.05) is 37.3 Å². The number of nitro benzene ring substituents is 1. The van der Waals surface area contributed by atoms with Crippen LogP contribution >= 0.6 is 0 Å². The average molecular weight is 331 g/mol. The zero-order chi connectivity index (χ0) is 17.4. The van der Waals surface area contributed by atoms with Crippen LogP contribution in [-0.2, 0) is 4.79 Å². The summed E-state index contributed by atoms with van der Waals surface area (Å²) in [5.41, 5.74) is 0.662. The Balaban J connectivity index is 1.71. The summed E-state index contributed by atoms with van der Waals surface area (Å²) in [6, 6.07) is 6.85. The minimum Gasteiger partial charge on any atom is -0.353 e. The number of likely N-dealkylation sites (tertiary alicyclic amines) is 1. The summed E-state index contributed by atoms with van der Waals surface area (Å²) in [5.74, 6) is -0.173. The van der Waals surface area contributed by atoms with Gasteiger partial charge in [-0.05, 0) is 44.4 Å². The van der Waals surface area contributed by atoms with Crippen LogP contribution in [0, 0.1) is 10.1 Å². The number of hydrogen-bond donors (Lipinski definition) is 1. The molecule has 6 nitrogen and oxygen atoms in total. The Morgan fingerprint density at radius 3 is 3.04 bits per heavy atom. The van der Waals surface area contributed by atoms with Crippen LogP contribution in [0.15, 0.2) is 30.3 Å². The summed E-state index contributed by atoms with van der Waals surface area (Å²) in [4.78, 5) is 24.6. The molecule has 1 amide bonds. The molecule has 0 spiro atoms. The molecule has 1 aliphatic rings. The Labute approximate surface area is 142 Å². The van der Waals surface area contributed by atoms with Gasteiger partial charge in [-0.2, -0.15) is 0 Å². The number of piperidine rings is 1. The van der Waals surface area contributed by atoms with Gasteiger partial charge in [0.1, 0.15) is 0 Å². The number of carbonyl (C=O) groups is 1. The highest BCUT2D eigenvalue weighted by Gasteiger charge is 2.17. The van der Waals surface area contributed by atoms with Crippen molar-refractivity contribution in [2.24, 2.45) is 0 Å². The van der Waals surface area contributed by atoms with E-state index in [2.05, 4.69) is 17.1 Å². The molecule has 0 radical (unpaired) electrons. The predicted molar refractivity (Wildman–Crippen MR) is 94.6 cm³/mol. The number of rotatable bonds is 7. The second-order valence-corrected chi connectivity index (χ2v) is 6.21. The van der Waals surface area contributed by atoms with Crippen LogP contribution in [0.2, 0.25) is 0 Å². The first kappa shape index (κ1) is 18.1. The molecular weight excluding hydrogens is 306 g/mol. The molecule has 0 aliphatic carbocycles. The van der Waals surface area contributed by atoms with E-state index in [-0.39, 0.29) is 11.6 Å². The Kier molecular flexibility index (Phi) is 6.93. The third-order valence-corrected chi connectivity index (χ3v) is 4.37. The smallest absolute Gasteiger partial charge is 0.270 e. The van der Waals surface area contributed by atoms with Crippen LogP contribution in [0.5, 0.6) is 0 Å². The molecule has 2 rings (SSSR count). The molecule has 1 heterocycles. The van der Waals surface area contributed by atoms with Gasteiger partial charge in [-0.25, -0.2) is 0 Å². The molecule has 1 aromatic rings. The van der Waals surface area contributed by atoms with Crippen molar-refractivity contribution in [3.63, 3.8) is 0 Å². The van der Waals surface area contributed by atoms with Gasteiger partial charge < -0.3 is 10.2 Å². The van der Waals surface area contributed by atoms with E-state index in [1.165, 1.54) is 37.5 Å². The number of non-ortho nitro benzene ring substituents is 1. The van der Waals surface area contributed by atoms with E-state index in [1.54, 1.807) is 18.2 Å². The average Bonchev–Trinajstić information content (AvgIpc) is 2.58. The van der Waals surface area contributed by atoms with Gasteiger partial charge in [0.2, 0.25) is 5.91 Å². The van der Waals surface area contributed by atoms with Crippen molar-refractivity contribution in [2.75, 3.05) is 19.6 Å². The lowest BCUT2D eigenvalue weighted by Crippen LogP contribution is -2.39. The molecule has 1 N–H and O–H groups in total. The first-order valence-electron chi connectivity index (χ1n) is 8.50. The van der Waals surface area contributed by atoms with E-state index >= 15 is 0 Å². The van der Waals surface area contributed by atoms with Gasteiger partial charge in [0.15, 0.2) is 0 Å². The van der Waals surface area contributed by atoms with Gasteiger partial charge in [0.25, 0.3) is 5.69 Å². The van der Waals surface area contributed by atoms with E-state index in [0.29, 0.717) is 18.2 Å². The minimum atomic E-state index is -0.445. The molecule has 0 bridgehead atoms. The maximum atomic E-state index is 11.8. The summed E-state index contributed by atoms with van der Waals surface area (Å²) in [6.07, 6.45) is 7.79. The van der Waals surface area contributed by atoms with E-state index in [0.717, 1.165) is 19.5 Å². The molecule has 1 atom stereocenters. The Hall–Kier alpha value is -2.21. The van der Waals surface area contributed by atoms with E-state index in [1.807, 2.05) is 0 Å². The fourth-order valence-electron chi connectivity index (χ4n) is 2.96. The SMILES string of the molecule is C[C@@H]1CCCCN1CCCNC(=O)/C=C/c1cccc([N+](=O)[O-])c1. The lowest BCUT2D eigenvalue weighted by molar-refractivity contribution is -0.384. The summed E-state index contributed by atoms with van der Waals surface area (Å²) in [7, 11) is 0. The van der Waals surface area contributed by atoms with Crippen molar-refractivity contribution < 1.29 is 9.72 Å². The molecule has 1 saturated heterocycles. The zero-order valence-corrected chi connectivity index (χ0v) is 14.1. The maximum Gasteiger partial charge on any atom is 0.270 e. The first-order chi connectivity index (χ1) is 11.6. The number of benzene rings is 1. The fourth-order valence-corrected chi connectivity index (χ4v) is 2.96. The highest BCUT2D eigenvalue weighted by Crippen LogP contribution is 2.16. The Morgan fingerprint density at radius 2 is 2.29 bits per heavy atom. The number of amides is 1. The fraction of sp³-hybridized carbons (Fsp3) is 0.500. The Bertz CT molecular complexity index is 601. The van der Waals surface area contributed by atoms with Crippen molar-refractivity contribution in [2.45, 2.75) is 38.6 Å². The third kappa shape index (κ3) is 5.77. The lowest BCUT2D eigenvalue weighted by Gasteiger charge is -2.33. The first-order valence-corrected chi connectivity index (χ1v) is 8.50. The molecule has 130 valence electrons. The normalized spacial score (nSPS) is 18.6. The molecular formula is C18H25N3O3. The quantitative estimate of drug-likeness (QED) is 0.361. The Morgan fingerprint density at radius 1 is 1.46 bits per heavy atom. The van der Waals surface area contributed by atoms with E-state index in [9.17, 15) is 14.9 Å². The highest BCUT2D eigenvalue weighted by atomic mass is 16.6. The van der Waals surface area contributed by atoms with Crippen molar-refractivity contribution in [3.05, 3.63) is 46.0 Å². The summed E-state index contributed by atoms with van der Waals surface area (Å²) >= 11 is 0. The van der Waals surface area contributed by atoms with Gasteiger partial charge in [0.05, 0.1) is 4.92 Å². The molecule has 24 heavy (non-hydrogen) atoms. The molecule has 6 heteroatoms. The van der Waals surface area contributed by atoms with E-state index in [4.69, 9.17) is 0 Å². The number of carbonyl (C=O) groups excluding carboxylic acids is 1. The lowest BCUT2D eigenvalue weighted by atomic mass is 10.0. The summed E-state index contributed by atoms with van der Waals surface area (Å²) < 4.78 is 0. The molecule has 1 aliphatic heterocycles. The predicted octanol–water partition coefficient (Wildman–Crippen LogP) is 2.99. The second kappa shape index (κ2) is 9.17. The van der Waals surface area contributed by atoms with Crippen LogP contribution in [-0.4, -0.2) is 41.4 Å². The van der Waals surface area contributed by atoms with Gasteiger partial charge in [-0.1, -0.05) is 18.6 Å². The molecule has 0 saturated carbocycles. The second-order valence-electron chi connectivity index (χ2n) is 6.21. The number of nitrogens with zero attached hydrogens (tertiary/aromatic N) is 2. The van der Waals surface area contributed by atoms with Gasteiger partial charge >= 0.3 is 0 Å². The number of nitro groups is 1. The summed E-state index contributed by atoms with van der Waals surface area (Å²) in [6.45, 7) is 5.07. The van der Waals surface area contributed by atoms with Crippen LogP contribution in [0.1, 0.15) is 38.2 Å². The van der Waals surface area contributed by atoms with Crippen LogP contribution < -0.4 is 5.32 Å². The zero-order valence-electron chi connectivity index (χ0n) is 14.1. The molecule has 1 fully saturated rings. The minimum absolute atomic E-state index is 0.0215. The highest BCUT2D eigenvalue weighted by molar-refractivity contribution is 5.91. The molecule has 0 unspecified atom stereocenters. The van der Waals surface area contributed by atoms with Crippen molar-refractivity contribution in [3.8, 4) is 0 Å². The summed E-state index contributed by atoms with van der Waals surface area (Å²) in [5, 5.41) is 13.6. The van der Waals surface area contributed by atoms with E-state index < -0.39 is 4.92 Å². The van der Waals surface area contributed by atoms with Crippen molar-refractivity contribution in [1.29, 1.82) is 0 Å². The van der Waals surface area contributed by atoms with Crippen molar-refractivity contribution in [1.82, 2.24) is 10.2 Å². The monoisotopic (exact) mass is 331 g/mol. The molecule has 0 aromatic heterocycles.